The number of aliphatic hydroxyl groups excluding tert-OH is 2. The summed E-state index contributed by atoms with van der Waals surface area (Å²) in [6.07, 6.45) is 6.53. The lowest BCUT2D eigenvalue weighted by atomic mass is 10.0. The highest BCUT2D eigenvalue weighted by atomic mass is 16.3. The summed E-state index contributed by atoms with van der Waals surface area (Å²) in [5.41, 5.74) is 2.44. The van der Waals surface area contributed by atoms with Crippen LogP contribution in [-0.2, 0) is 0 Å². The average molecular weight is 254 g/mol. The zero-order valence-corrected chi connectivity index (χ0v) is 12.8. The molecule has 0 aliphatic rings. The van der Waals surface area contributed by atoms with Crippen LogP contribution >= 0.6 is 0 Å². The molecule has 0 aliphatic carbocycles. The zero-order valence-electron chi connectivity index (χ0n) is 12.8. The van der Waals surface area contributed by atoms with Crippen molar-refractivity contribution in [2.24, 2.45) is 11.8 Å². The lowest BCUT2D eigenvalue weighted by Crippen LogP contribution is -1.93. The van der Waals surface area contributed by atoms with Gasteiger partial charge in [0.1, 0.15) is 6.10 Å². The van der Waals surface area contributed by atoms with Gasteiger partial charge in [-0.05, 0) is 38.2 Å². The van der Waals surface area contributed by atoms with Crippen molar-refractivity contribution in [1.29, 1.82) is 0 Å². The van der Waals surface area contributed by atoms with Crippen molar-refractivity contribution in [2.75, 3.05) is 0 Å². The standard InChI is InChI=1S/C7H16.C5H8O.C4H6O/c1-6(2)5-7(3)4;1-3-4-5(2)6;1-3-4(2)5/h6-7H,5H2,1-4H3;4-6H,1H2,2H3;1,4-5H,2H3. The molecule has 0 saturated carbocycles. The van der Waals surface area contributed by atoms with Gasteiger partial charge < -0.3 is 10.2 Å². The van der Waals surface area contributed by atoms with E-state index in [-0.39, 0.29) is 0 Å². The van der Waals surface area contributed by atoms with Crippen LogP contribution in [0.4, 0.5) is 0 Å². The van der Waals surface area contributed by atoms with Crippen LogP contribution in [0.5, 0.6) is 0 Å². The second kappa shape index (κ2) is 16.0. The van der Waals surface area contributed by atoms with Crippen LogP contribution in [0.25, 0.3) is 0 Å². The van der Waals surface area contributed by atoms with E-state index in [1.165, 1.54) is 12.5 Å². The maximum Gasteiger partial charge on any atom is 0.111 e. The van der Waals surface area contributed by atoms with E-state index in [0.29, 0.717) is 0 Å². The van der Waals surface area contributed by atoms with Crippen molar-refractivity contribution < 1.29 is 10.2 Å². The molecule has 2 unspecified atom stereocenters. The second-order valence-corrected chi connectivity index (χ2v) is 4.98. The zero-order chi connectivity index (χ0) is 15.1. The molecular formula is C16H30O2. The summed E-state index contributed by atoms with van der Waals surface area (Å²) in [7, 11) is 0. The summed E-state index contributed by atoms with van der Waals surface area (Å²) in [4.78, 5) is 0. The normalized spacial score (nSPS) is 12.1. The Hall–Kier alpha value is -1.00. The molecule has 2 atom stereocenters. The van der Waals surface area contributed by atoms with E-state index in [9.17, 15) is 0 Å². The Kier molecular flexibility index (Phi) is 19.7. The molecule has 0 bridgehead atoms. The Morgan fingerprint density at radius 2 is 1.39 bits per heavy atom. The van der Waals surface area contributed by atoms with Crippen molar-refractivity contribution in [3.05, 3.63) is 18.4 Å². The molecule has 0 saturated heterocycles. The highest BCUT2D eigenvalue weighted by Crippen LogP contribution is 2.08. The van der Waals surface area contributed by atoms with Gasteiger partial charge in [0.2, 0.25) is 0 Å². The molecule has 106 valence electrons. The number of terminal acetylenes is 1. The second-order valence-electron chi connectivity index (χ2n) is 4.98. The van der Waals surface area contributed by atoms with Crippen LogP contribution in [0.15, 0.2) is 18.4 Å². The Balaban J connectivity index is -0.000000190. The Bertz CT molecular complexity index is 232. The summed E-state index contributed by atoms with van der Waals surface area (Å²) in [6.45, 7) is 15.5. The summed E-state index contributed by atoms with van der Waals surface area (Å²) in [6, 6.07) is 0. The molecule has 2 heteroatoms. The van der Waals surface area contributed by atoms with Crippen molar-refractivity contribution >= 4 is 0 Å². The van der Waals surface area contributed by atoms with Crippen molar-refractivity contribution in [3.8, 4) is 12.3 Å². The van der Waals surface area contributed by atoms with Crippen LogP contribution in [0.3, 0.4) is 0 Å². The first-order valence-electron chi connectivity index (χ1n) is 6.35. The molecule has 18 heavy (non-hydrogen) atoms. The van der Waals surface area contributed by atoms with Gasteiger partial charge in [-0.15, -0.1) is 12.2 Å². The maximum absolute atomic E-state index is 8.39. The first-order valence-corrected chi connectivity index (χ1v) is 6.35. The van der Waals surface area contributed by atoms with Crippen LogP contribution in [-0.4, -0.2) is 22.4 Å². The lowest BCUT2D eigenvalue weighted by molar-refractivity contribution is 0.244. The molecule has 0 amide bonds. The van der Waals surface area contributed by atoms with Gasteiger partial charge in [0, 0.05) is 0 Å². The first-order chi connectivity index (χ1) is 8.17. The fourth-order valence-corrected chi connectivity index (χ4v) is 1.11. The Morgan fingerprint density at radius 1 is 1.06 bits per heavy atom. The fourth-order valence-electron chi connectivity index (χ4n) is 1.11. The molecule has 0 aliphatic heterocycles. The Labute approximate surface area is 113 Å². The first kappa shape index (κ1) is 22.2. The van der Waals surface area contributed by atoms with Crippen molar-refractivity contribution in [1.82, 2.24) is 0 Å². The van der Waals surface area contributed by atoms with Crippen LogP contribution in [0.1, 0.15) is 48.0 Å². The minimum absolute atomic E-state index is 0.400. The molecule has 2 nitrogen and oxygen atoms in total. The van der Waals surface area contributed by atoms with E-state index in [1.54, 1.807) is 13.8 Å². The molecule has 0 fully saturated rings. The predicted molar refractivity (Wildman–Crippen MR) is 80.2 cm³/mol. The van der Waals surface area contributed by atoms with Gasteiger partial charge in [-0.2, -0.15) is 0 Å². The lowest BCUT2D eigenvalue weighted by Gasteiger charge is -2.05. The minimum atomic E-state index is -0.588. The van der Waals surface area contributed by atoms with Gasteiger partial charge in [-0.1, -0.05) is 40.2 Å². The molecule has 0 heterocycles. The molecular weight excluding hydrogens is 224 g/mol. The highest BCUT2D eigenvalue weighted by Gasteiger charge is 1.95. The van der Waals surface area contributed by atoms with Crippen LogP contribution in [0.2, 0.25) is 0 Å². The van der Waals surface area contributed by atoms with E-state index in [2.05, 4.69) is 52.3 Å². The molecule has 0 aromatic carbocycles. The number of aliphatic hydroxyl groups is 2. The summed E-state index contributed by atoms with van der Waals surface area (Å²) >= 11 is 0. The monoisotopic (exact) mass is 254 g/mol. The summed E-state index contributed by atoms with van der Waals surface area (Å²) < 4.78 is 0. The third-order valence-corrected chi connectivity index (χ3v) is 1.54. The van der Waals surface area contributed by atoms with Gasteiger partial charge in [-0.3, -0.25) is 0 Å². The number of hydrogen-bond acceptors (Lipinski definition) is 2. The minimum Gasteiger partial charge on any atom is -0.389 e. The van der Waals surface area contributed by atoms with Crippen molar-refractivity contribution in [2.45, 2.75) is 60.2 Å². The van der Waals surface area contributed by atoms with Gasteiger partial charge in [0.25, 0.3) is 0 Å². The average Bonchev–Trinajstić information content (AvgIpc) is 2.16. The van der Waals surface area contributed by atoms with Gasteiger partial charge in [0.15, 0.2) is 0 Å². The SMILES string of the molecule is C#CC(C)O.C=C=CC(C)O.CC(C)CC(C)C. The van der Waals surface area contributed by atoms with E-state index in [0.717, 1.165) is 11.8 Å². The smallest absolute Gasteiger partial charge is 0.111 e. The number of rotatable bonds is 3. The van der Waals surface area contributed by atoms with Crippen LogP contribution in [0, 0.1) is 24.2 Å². The molecule has 0 spiro atoms. The molecule has 0 rings (SSSR count). The summed E-state index contributed by atoms with van der Waals surface area (Å²) in [5.74, 6) is 3.83. The quantitative estimate of drug-likeness (QED) is 0.598. The van der Waals surface area contributed by atoms with Gasteiger partial charge in [-0.25, -0.2) is 0 Å². The van der Waals surface area contributed by atoms with E-state index in [1.807, 2.05) is 0 Å². The third kappa shape index (κ3) is 45.9. The molecule has 0 aromatic rings. The molecule has 0 radical (unpaired) electrons. The van der Waals surface area contributed by atoms with E-state index < -0.39 is 12.2 Å². The van der Waals surface area contributed by atoms with E-state index >= 15 is 0 Å². The fraction of sp³-hybridized carbons (Fsp3) is 0.688. The van der Waals surface area contributed by atoms with Crippen molar-refractivity contribution in [3.63, 3.8) is 0 Å². The number of hydrogen-bond donors (Lipinski definition) is 2. The largest absolute Gasteiger partial charge is 0.389 e. The molecule has 0 aromatic heterocycles. The maximum atomic E-state index is 8.39. The third-order valence-electron chi connectivity index (χ3n) is 1.54. The predicted octanol–water partition coefficient (Wildman–Crippen LogP) is 3.40. The highest BCUT2D eigenvalue weighted by molar-refractivity contribution is 4.89. The van der Waals surface area contributed by atoms with Gasteiger partial charge >= 0.3 is 0 Å². The van der Waals surface area contributed by atoms with Gasteiger partial charge in [0.05, 0.1) is 6.10 Å². The van der Waals surface area contributed by atoms with Crippen LogP contribution < -0.4 is 0 Å². The van der Waals surface area contributed by atoms with E-state index in [4.69, 9.17) is 10.2 Å². The summed E-state index contributed by atoms with van der Waals surface area (Å²) in [5, 5.41) is 16.5. The topological polar surface area (TPSA) is 40.5 Å². The molecule has 2 N–H and O–H groups in total. The Morgan fingerprint density at radius 3 is 1.39 bits per heavy atom.